The van der Waals surface area contributed by atoms with Crippen molar-refractivity contribution in [3.63, 3.8) is 0 Å². The van der Waals surface area contributed by atoms with Gasteiger partial charge in [-0.1, -0.05) is 36.4 Å². The van der Waals surface area contributed by atoms with Crippen LogP contribution in [0.25, 0.3) is 10.9 Å². The molecule has 1 atom stereocenters. The van der Waals surface area contributed by atoms with E-state index in [1.54, 1.807) is 30.3 Å². The van der Waals surface area contributed by atoms with E-state index in [0.717, 1.165) is 9.87 Å². The Morgan fingerprint density at radius 1 is 1.18 bits per heavy atom. The van der Waals surface area contributed by atoms with Crippen LogP contribution in [0.4, 0.5) is 0 Å². The zero-order valence-electron chi connectivity index (χ0n) is 15.1. The molecule has 0 radical (unpaired) electrons. The molecule has 0 amide bonds. The molecular formula is C20H18N2O5S. The van der Waals surface area contributed by atoms with Gasteiger partial charge in [0.25, 0.3) is 0 Å². The first kappa shape index (κ1) is 18.4. The molecule has 0 fully saturated rings. The molecule has 2 aromatic carbocycles. The quantitative estimate of drug-likeness (QED) is 0.726. The summed E-state index contributed by atoms with van der Waals surface area (Å²) in [5.74, 6) is -0.750. The molecule has 0 bridgehead atoms. The van der Waals surface area contributed by atoms with Crippen molar-refractivity contribution in [2.45, 2.75) is 17.4 Å². The number of carboxylic acids is 1. The molecule has 0 spiro atoms. The number of para-hydroxylation sites is 1. The van der Waals surface area contributed by atoms with Crippen molar-refractivity contribution < 1.29 is 23.1 Å². The summed E-state index contributed by atoms with van der Waals surface area (Å²) in [7, 11) is -2.61. The Bertz CT molecular complexity index is 1180. The summed E-state index contributed by atoms with van der Waals surface area (Å²) in [6, 6.07) is 12.2. The van der Waals surface area contributed by atoms with E-state index in [0.29, 0.717) is 28.6 Å². The number of hydrogen-bond acceptors (Lipinski definition) is 5. The van der Waals surface area contributed by atoms with Crippen LogP contribution in [-0.2, 0) is 21.2 Å². The van der Waals surface area contributed by atoms with Crippen LogP contribution >= 0.6 is 0 Å². The van der Waals surface area contributed by atoms with Crippen LogP contribution in [0.15, 0.2) is 59.6 Å². The first-order valence-corrected chi connectivity index (χ1v) is 10.1. The minimum atomic E-state index is -4.09. The fraction of sp³-hybridized carbons (Fsp3) is 0.200. The van der Waals surface area contributed by atoms with E-state index in [2.05, 4.69) is 4.98 Å². The zero-order chi connectivity index (χ0) is 19.9. The number of aromatic nitrogens is 1. The van der Waals surface area contributed by atoms with Crippen LogP contribution in [0.2, 0.25) is 0 Å². The third kappa shape index (κ3) is 2.81. The zero-order valence-corrected chi connectivity index (χ0v) is 15.9. The molecule has 0 saturated heterocycles. The molecular weight excluding hydrogens is 380 g/mol. The highest BCUT2D eigenvalue weighted by molar-refractivity contribution is 7.89. The second kappa shape index (κ2) is 6.88. The van der Waals surface area contributed by atoms with Gasteiger partial charge in [-0.25, -0.2) is 8.42 Å². The number of fused-ring (bicyclic) bond motifs is 2. The molecule has 0 saturated carbocycles. The van der Waals surface area contributed by atoms with Crippen molar-refractivity contribution in [3.8, 4) is 5.75 Å². The molecule has 0 aliphatic carbocycles. The first-order valence-electron chi connectivity index (χ1n) is 8.69. The summed E-state index contributed by atoms with van der Waals surface area (Å²) in [6.07, 6.45) is 1.84. The highest BCUT2D eigenvalue weighted by atomic mass is 32.2. The van der Waals surface area contributed by atoms with E-state index in [-0.39, 0.29) is 11.4 Å². The Morgan fingerprint density at radius 2 is 1.96 bits per heavy atom. The maximum absolute atomic E-state index is 13.5. The number of sulfonamides is 1. The number of ether oxygens (including phenoxy) is 1. The molecule has 1 N–H and O–H groups in total. The highest BCUT2D eigenvalue weighted by Gasteiger charge is 2.41. The maximum Gasteiger partial charge on any atom is 0.326 e. The normalized spacial score (nSPS) is 17.2. The highest BCUT2D eigenvalue weighted by Crippen LogP contribution is 2.37. The van der Waals surface area contributed by atoms with Gasteiger partial charge in [0.2, 0.25) is 10.0 Å². The van der Waals surface area contributed by atoms with Crippen molar-refractivity contribution in [1.82, 2.24) is 9.29 Å². The van der Waals surface area contributed by atoms with Gasteiger partial charge in [0, 0.05) is 18.1 Å². The van der Waals surface area contributed by atoms with Crippen LogP contribution in [0.3, 0.4) is 0 Å². The van der Waals surface area contributed by atoms with Crippen molar-refractivity contribution in [1.29, 1.82) is 0 Å². The van der Waals surface area contributed by atoms with Crippen LogP contribution in [0.1, 0.15) is 17.2 Å². The first-order chi connectivity index (χ1) is 13.4. The molecule has 8 heteroatoms. The van der Waals surface area contributed by atoms with E-state index in [4.69, 9.17) is 4.74 Å². The lowest BCUT2D eigenvalue weighted by Gasteiger charge is -2.34. The molecule has 4 rings (SSSR count). The monoisotopic (exact) mass is 398 g/mol. The third-order valence-electron chi connectivity index (χ3n) is 4.97. The van der Waals surface area contributed by atoms with Gasteiger partial charge in [-0.3, -0.25) is 9.78 Å². The number of carbonyl (C=O) groups is 1. The Kier molecular flexibility index (Phi) is 4.52. The molecule has 1 aliphatic heterocycles. The van der Waals surface area contributed by atoms with Gasteiger partial charge in [-0.05, 0) is 29.7 Å². The largest absolute Gasteiger partial charge is 0.494 e. The van der Waals surface area contributed by atoms with Crippen LogP contribution in [0.5, 0.6) is 5.75 Å². The minimum absolute atomic E-state index is 0.0158. The number of methoxy groups -OCH3 is 1. The number of pyridine rings is 1. The Hall–Kier alpha value is -2.97. The van der Waals surface area contributed by atoms with E-state index in [9.17, 15) is 18.3 Å². The van der Waals surface area contributed by atoms with E-state index in [1.165, 1.54) is 19.4 Å². The van der Waals surface area contributed by atoms with Crippen LogP contribution in [-0.4, -0.2) is 42.4 Å². The van der Waals surface area contributed by atoms with Gasteiger partial charge in [-0.2, -0.15) is 4.31 Å². The number of hydrogen-bond donors (Lipinski definition) is 1. The van der Waals surface area contributed by atoms with Gasteiger partial charge in [0.05, 0.1) is 12.0 Å². The fourth-order valence-corrected chi connectivity index (χ4v) is 5.44. The predicted octanol–water partition coefficient (Wildman–Crippen LogP) is 2.62. The molecule has 7 nitrogen and oxygen atoms in total. The Labute approximate surface area is 162 Å². The second-order valence-electron chi connectivity index (χ2n) is 6.47. The minimum Gasteiger partial charge on any atom is -0.494 e. The summed E-state index contributed by atoms with van der Waals surface area (Å²) in [5, 5.41) is 10.2. The van der Waals surface area contributed by atoms with E-state index in [1.807, 2.05) is 12.1 Å². The number of aliphatic carboxylic acids is 1. The topological polar surface area (TPSA) is 96.8 Å². The third-order valence-corrected chi connectivity index (χ3v) is 6.90. The van der Waals surface area contributed by atoms with Gasteiger partial charge in [0.1, 0.15) is 17.3 Å². The Morgan fingerprint density at radius 3 is 2.71 bits per heavy atom. The standard InChI is InChI=1S/C20H18N2O5S/c1-27-16-8-4-7-15-17(9-11-21-18(15)16)28(25,26)22-12-10-13-5-2-3-6-14(13)19(22)20(23)24/h2-9,11,19H,10,12H2,1H3,(H,23,24). The summed E-state index contributed by atoms with van der Waals surface area (Å²) >= 11 is 0. The number of benzene rings is 2. The molecule has 1 unspecified atom stereocenters. The summed E-state index contributed by atoms with van der Waals surface area (Å²) in [6.45, 7) is 0.0874. The van der Waals surface area contributed by atoms with E-state index < -0.39 is 22.0 Å². The van der Waals surface area contributed by atoms with Gasteiger partial charge >= 0.3 is 5.97 Å². The van der Waals surface area contributed by atoms with Gasteiger partial charge < -0.3 is 9.84 Å². The average molecular weight is 398 g/mol. The Balaban J connectivity index is 1.90. The van der Waals surface area contributed by atoms with Gasteiger partial charge in [-0.15, -0.1) is 0 Å². The predicted molar refractivity (Wildman–Crippen MR) is 103 cm³/mol. The summed E-state index contributed by atoms with van der Waals surface area (Å²) in [4.78, 5) is 16.3. The second-order valence-corrected chi connectivity index (χ2v) is 8.33. The smallest absolute Gasteiger partial charge is 0.326 e. The van der Waals surface area contributed by atoms with Crippen LogP contribution in [0, 0.1) is 0 Å². The lowest BCUT2D eigenvalue weighted by Crippen LogP contribution is -2.43. The average Bonchev–Trinajstić information content (AvgIpc) is 2.71. The SMILES string of the molecule is COc1cccc2c(S(=O)(=O)N3CCc4ccccc4C3C(=O)O)ccnc12. The molecule has 144 valence electrons. The number of nitrogens with zero attached hydrogens (tertiary/aromatic N) is 2. The summed E-state index contributed by atoms with van der Waals surface area (Å²) in [5.41, 5.74) is 1.76. The lowest BCUT2D eigenvalue weighted by molar-refractivity contribution is -0.142. The molecule has 1 aliphatic rings. The van der Waals surface area contributed by atoms with Crippen molar-refractivity contribution in [2.75, 3.05) is 13.7 Å². The van der Waals surface area contributed by atoms with Crippen molar-refractivity contribution in [3.05, 3.63) is 65.9 Å². The fourth-order valence-electron chi connectivity index (χ4n) is 3.70. The molecule has 1 aromatic heterocycles. The van der Waals surface area contributed by atoms with E-state index >= 15 is 0 Å². The maximum atomic E-state index is 13.5. The van der Waals surface area contributed by atoms with Gasteiger partial charge in [0.15, 0.2) is 0 Å². The molecule has 3 aromatic rings. The lowest BCUT2D eigenvalue weighted by atomic mass is 9.94. The van der Waals surface area contributed by atoms with Crippen molar-refractivity contribution >= 4 is 26.9 Å². The number of rotatable bonds is 4. The number of carboxylic acid groups (broad SMARTS) is 1. The summed E-state index contributed by atoms with van der Waals surface area (Å²) < 4.78 is 33.4. The molecule has 28 heavy (non-hydrogen) atoms. The van der Waals surface area contributed by atoms with Crippen molar-refractivity contribution in [2.24, 2.45) is 0 Å². The van der Waals surface area contributed by atoms with Crippen LogP contribution < -0.4 is 4.74 Å². The molecule has 2 heterocycles.